The van der Waals surface area contributed by atoms with Crippen molar-refractivity contribution in [2.45, 2.75) is 23.2 Å². The van der Waals surface area contributed by atoms with E-state index in [0.29, 0.717) is 5.56 Å². The molecule has 0 fully saturated rings. The van der Waals surface area contributed by atoms with E-state index < -0.39 is 19.2 Å². The van der Waals surface area contributed by atoms with Crippen molar-refractivity contribution in [2.75, 3.05) is 5.75 Å². The average molecular weight is 354 g/mol. The quantitative estimate of drug-likeness (QED) is 0.667. The molecule has 1 rings (SSSR count). The van der Waals surface area contributed by atoms with E-state index in [1.54, 1.807) is 41.6 Å². The molecule has 3 nitrogen and oxygen atoms in total. The fourth-order valence-electron chi connectivity index (χ4n) is 1.42. The Morgan fingerprint density at radius 1 is 1.38 bits per heavy atom. The molecular formula is C11H15IO3S. The lowest BCUT2D eigenvalue weighted by Gasteiger charge is -2.19. The zero-order valence-electron chi connectivity index (χ0n) is 9.22. The highest BCUT2D eigenvalue weighted by atomic mass is 127. The number of benzene rings is 1. The number of aliphatic hydroxyl groups excluding tert-OH is 1. The first-order valence-corrected chi connectivity index (χ1v) is 7.95. The fourth-order valence-corrected chi connectivity index (χ4v) is 3.74. The molecule has 0 radical (unpaired) electrons. The van der Waals surface area contributed by atoms with Crippen LogP contribution in [0.2, 0.25) is 0 Å². The van der Waals surface area contributed by atoms with Crippen LogP contribution >= 0.6 is 22.6 Å². The maximum absolute atomic E-state index is 11.7. The summed E-state index contributed by atoms with van der Waals surface area (Å²) in [5.41, 5.74) is 1.59. The predicted molar refractivity (Wildman–Crippen MR) is 73.4 cm³/mol. The highest BCUT2D eigenvalue weighted by Gasteiger charge is 2.29. The highest BCUT2D eigenvalue weighted by molar-refractivity contribution is 14.1. The summed E-state index contributed by atoms with van der Waals surface area (Å²) in [5, 5.41) is 10.0. The van der Waals surface area contributed by atoms with E-state index in [0.717, 1.165) is 5.56 Å². The number of hydrogen-bond acceptors (Lipinski definition) is 3. The van der Waals surface area contributed by atoms with Gasteiger partial charge in [0.25, 0.3) is 0 Å². The Balaban J connectivity index is 3.04. The third kappa shape index (κ3) is 2.95. The van der Waals surface area contributed by atoms with Crippen LogP contribution in [0.15, 0.2) is 24.3 Å². The van der Waals surface area contributed by atoms with Gasteiger partial charge < -0.3 is 5.11 Å². The maximum Gasteiger partial charge on any atom is 0.164 e. The number of halogens is 1. The highest BCUT2D eigenvalue weighted by Crippen LogP contribution is 2.29. The lowest BCUT2D eigenvalue weighted by molar-refractivity contribution is 0.196. The Bertz CT molecular complexity index is 456. The van der Waals surface area contributed by atoms with E-state index in [1.165, 1.54) is 0 Å². The molecule has 90 valence electrons. The minimum Gasteiger partial charge on any atom is -0.386 e. The van der Waals surface area contributed by atoms with Crippen molar-refractivity contribution in [1.82, 2.24) is 0 Å². The largest absolute Gasteiger partial charge is 0.386 e. The molecule has 2 atom stereocenters. The van der Waals surface area contributed by atoms with E-state index >= 15 is 0 Å². The van der Waals surface area contributed by atoms with E-state index in [9.17, 15) is 13.5 Å². The summed E-state index contributed by atoms with van der Waals surface area (Å²) in [6, 6.07) is 7.28. The second-order valence-electron chi connectivity index (χ2n) is 3.60. The molecule has 1 aromatic rings. The van der Waals surface area contributed by atoms with Gasteiger partial charge in [0.2, 0.25) is 0 Å². The summed E-state index contributed by atoms with van der Waals surface area (Å²) in [4.78, 5) is 0. The maximum atomic E-state index is 11.7. The molecule has 0 heterocycles. The minimum atomic E-state index is -3.23. The van der Waals surface area contributed by atoms with E-state index in [1.807, 2.05) is 19.1 Å². The second kappa shape index (κ2) is 5.46. The normalized spacial score (nSPS) is 15.8. The molecule has 5 heteroatoms. The van der Waals surface area contributed by atoms with Crippen LogP contribution in [0.1, 0.15) is 24.2 Å². The zero-order chi connectivity index (χ0) is 12.3. The zero-order valence-corrected chi connectivity index (χ0v) is 12.2. The average Bonchev–Trinajstić information content (AvgIpc) is 2.27. The molecule has 1 aromatic carbocycles. The minimum absolute atomic E-state index is 0.0452. The first-order valence-electron chi connectivity index (χ1n) is 4.99. The van der Waals surface area contributed by atoms with E-state index in [4.69, 9.17) is 0 Å². The molecule has 0 aromatic heterocycles. The monoisotopic (exact) mass is 354 g/mol. The fraction of sp³-hybridized carbons (Fsp3) is 0.455. The molecule has 0 amide bonds. The van der Waals surface area contributed by atoms with Gasteiger partial charge in [-0.05, 0) is 18.1 Å². The van der Waals surface area contributed by atoms with Crippen molar-refractivity contribution >= 4 is 32.4 Å². The number of hydrogen-bond donors (Lipinski definition) is 1. The van der Waals surface area contributed by atoms with Crippen molar-refractivity contribution in [2.24, 2.45) is 0 Å². The van der Waals surface area contributed by atoms with Gasteiger partial charge in [0.15, 0.2) is 9.84 Å². The number of alkyl halides is 1. The lowest BCUT2D eigenvalue weighted by Crippen LogP contribution is -2.24. The van der Waals surface area contributed by atoms with Crippen molar-refractivity contribution in [1.29, 1.82) is 0 Å². The van der Waals surface area contributed by atoms with Gasteiger partial charge in [0.1, 0.15) is 9.36 Å². The van der Waals surface area contributed by atoms with Crippen LogP contribution in [0.4, 0.5) is 0 Å². The summed E-state index contributed by atoms with van der Waals surface area (Å²) in [7, 11) is -3.23. The summed E-state index contributed by atoms with van der Waals surface area (Å²) in [5.74, 6) is 0.0452. The Labute approximate surface area is 110 Å². The van der Waals surface area contributed by atoms with Gasteiger partial charge in [-0.3, -0.25) is 0 Å². The smallest absolute Gasteiger partial charge is 0.164 e. The number of aliphatic hydroxyl groups is 1. The molecule has 0 spiro atoms. The van der Waals surface area contributed by atoms with Gasteiger partial charge in [-0.1, -0.05) is 53.8 Å². The molecule has 0 bridgehead atoms. The second-order valence-corrected chi connectivity index (χ2v) is 8.20. The van der Waals surface area contributed by atoms with Crippen molar-refractivity contribution in [3.8, 4) is 0 Å². The van der Waals surface area contributed by atoms with Gasteiger partial charge in [0, 0.05) is 5.75 Å². The molecule has 16 heavy (non-hydrogen) atoms. The topological polar surface area (TPSA) is 54.4 Å². The lowest BCUT2D eigenvalue weighted by atomic mass is 10.1. The van der Waals surface area contributed by atoms with Gasteiger partial charge in [0.05, 0.1) is 0 Å². The number of rotatable bonds is 4. The molecule has 0 aliphatic carbocycles. The summed E-state index contributed by atoms with van der Waals surface area (Å²) in [6.07, 6.45) is -0.966. The van der Waals surface area contributed by atoms with Crippen LogP contribution in [0.3, 0.4) is 0 Å². The van der Waals surface area contributed by atoms with E-state index in [2.05, 4.69) is 0 Å². The van der Waals surface area contributed by atoms with Crippen molar-refractivity contribution in [3.05, 3.63) is 35.4 Å². The summed E-state index contributed by atoms with van der Waals surface area (Å²) >= 11 is 1.79. The molecular weight excluding hydrogens is 339 g/mol. The third-order valence-electron chi connectivity index (χ3n) is 2.50. The Hall–Kier alpha value is -0.140. The van der Waals surface area contributed by atoms with Gasteiger partial charge in [-0.25, -0.2) is 8.42 Å². The third-order valence-corrected chi connectivity index (χ3v) is 7.26. The van der Waals surface area contributed by atoms with Gasteiger partial charge in [-0.2, -0.15) is 0 Å². The molecule has 0 aliphatic rings. The molecule has 0 unspecified atom stereocenters. The molecule has 0 aliphatic heterocycles. The standard InChI is InChI=1S/C11H15IO3S/c1-3-16(14,15)11(12)10(13)9-7-5-4-6-8(9)2/h4-7,10-11,13H,3H2,1-2H3/t10-,11+/m0/s1. The SMILES string of the molecule is CCS(=O)(=O)[C@@H](I)[C@@H](O)c1ccccc1C. The van der Waals surface area contributed by atoms with Crippen molar-refractivity contribution < 1.29 is 13.5 Å². The van der Waals surface area contributed by atoms with Crippen LogP contribution in [-0.4, -0.2) is 22.5 Å². The first-order chi connectivity index (χ1) is 7.40. The summed E-state index contributed by atoms with van der Waals surface area (Å²) < 4.78 is 22.5. The van der Waals surface area contributed by atoms with Gasteiger partial charge >= 0.3 is 0 Å². The Morgan fingerprint density at radius 3 is 2.44 bits per heavy atom. The van der Waals surface area contributed by atoms with E-state index in [-0.39, 0.29) is 5.75 Å². The molecule has 0 saturated heterocycles. The molecule has 0 saturated carbocycles. The van der Waals surface area contributed by atoms with Gasteiger partial charge in [-0.15, -0.1) is 0 Å². The van der Waals surface area contributed by atoms with Crippen LogP contribution in [0, 0.1) is 6.92 Å². The van der Waals surface area contributed by atoms with Crippen LogP contribution in [0.5, 0.6) is 0 Å². The molecule has 1 N–H and O–H groups in total. The number of aryl methyl sites for hydroxylation is 1. The van der Waals surface area contributed by atoms with Crippen LogP contribution in [-0.2, 0) is 9.84 Å². The van der Waals surface area contributed by atoms with Crippen molar-refractivity contribution in [3.63, 3.8) is 0 Å². The predicted octanol–water partition coefficient (Wildman–Crippen LogP) is 2.22. The number of sulfone groups is 1. The van der Waals surface area contributed by atoms with Crippen LogP contribution in [0.25, 0.3) is 0 Å². The van der Waals surface area contributed by atoms with Crippen LogP contribution < -0.4 is 0 Å². The summed E-state index contributed by atoms with van der Waals surface area (Å²) in [6.45, 7) is 3.45. The first kappa shape index (κ1) is 13.9. The Kier molecular flexibility index (Phi) is 4.75. The Morgan fingerprint density at radius 2 is 1.94 bits per heavy atom.